The lowest BCUT2D eigenvalue weighted by atomic mass is 10.2. The molecule has 7 heteroatoms. The largest absolute Gasteiger partial charge is 0.497 e. The Bertz CT molecular complexity index is 704. The SMILES string of the molecule is COc1ccc(C(=O)NCCNC(=O)Nc2cccc(Cl)c2)cc1. The number of nitrogens with one attached hydrogen (secondary N) is 3. The molecular formula is C17H18ClN3O3. The van der Waals surface area contributed by atoms with Crippen molar-refractivity contribution in [1.29, 1.82) is 0 Å². The van der Waals surface area contributed by atoms with E-state index in [2.05, 4.69) is 16.0 Å². The average molecular weight is 348 g/mol. The van der Waals surface area contributed by atoms with Crippen LogP contribution in [0.5, 0.6) is 5.75 Å². The van der Waals surface area contributed by atoms with Gasteiger partial charge in [-0.25, -0.2) is 4.79 Å². The summed E-state index contributed by atoms with van der Waals surface area (Å²) in [7, 11) is 1.56. The molecule has 3 amide bonds. The Labute approximate surface area is 145 Å². The number of hydrogen-bond acceptors (Lipinski definition) is 3. The second-order valence-corrected chi connectivity index (χ2v) is 5.31. The number of hydrogen-bond donors (Lipinski definition) is 3. The van der Waals surface area contributed by atoms with Gasteiger partial charge >= 0.3 is 6.03 Å². The molecule has 0 fully saturated rings. The van der Waals surface area contributed by atoms with Crippen molar-refractivity contribution in [2.75, 3.05) is 25.5 Å². The van der Waals surface area contributed by atoms with Crippen LogP contribution in [0.15, 0.2) is 48.5 Å². The molecule has 3 N–H and O–H groups in total. The van der Waals surface area contributed by atoms with E-state index >= 15 is 0 Å². The van der Waals surface area contributed by atoms with Crippen LogP contribution in [0.2, 0.25) is 5.02 Å². The van der Waals surface area contributed by atoms with Crippen molar-refractivity contribution < 1.29 is 14.3 Å². The molecule has 0 aliphatic rings. The van der Waals surface area contributed by atoms with Gasteiger partial charge in [0.2, 0.25) is 0 Å². The monoisotopic (exact) mass is 347 g/mol. The molecule has 0 aromatic heterocycles. The van der Waals surface area contributed by atoms with Crippen molar-refractivity contribution in [3.8, 4) is 5.75 Å². The summed E-state index contributed by atoms with van der Waals surface area (Å²) in [5.74, 6) is 0.473. The van der Waals surface area contributed by atoms with Crippen LogP contribution < -0.4 is 20.7 Å². The summed E-state index contributed by atoms with van der Waals surface area (Å²) in [6, 6.07) is 13.3. The number of methoxy groups -OCH3 is 1. The smallest absolute Gasteiger partial charge is 0.319 e. The van der Waals surface area contributed by atoms with E-state index in [1.165, 1.54) is 0 Å². The first-order valence-electron chi connectivity index (χ1n) is 7.31. The van der Waals surface area contributed by atoms with Crippen molar-refractivity contribution in [2.24, 2.45) is 0 Å². The van der Waals surface area contributed by atoms with Gasteiger partial charge in [0.1, 0.15) is 5.75 Å². The highest BCUT2D eigenvalue weighted by molar-refractivity contribution is 6.30. The lowest BCUT2D eigenvalue weighted by Crippen LogP contribution is -2.36. The van der Waals surface area contributed by atoms with E-state index in [1.807, 2.05) is 0 Å². The van der Waals surface area contributed by atoms with Crippen molar-refractivity contribution in [1.82, 2.24) is 10.6 Å². The molecule has 0 unspecified atom stereocenters. The van der Waals surface area contributed by atoms with E-state index < -0.39 is 0 Å². The van der Waals surface area contributed by atoms with Crippen LogP contribution >= 0.6 is 11.6 Å². The maximum atomic E-state index is 11.9. The molecule has 0 spiro atoms. The molecule has 0 saturated carbocycles. The summed E-state index contributed by atoms with van der Waals surface area (Å²) < 4.78 is 5.04. The summed E-state index contributed by atoms with van der Waals surface area (Å²) in [5.41, 5.74) is 1.13. The minimum Gasteiger partial charge on any atom is -0.497 e. The van der Waals surface area contributed by atoms with E-state index in [-0.39, 0.29) is 11.9 Å². The third-order valence-electron chi connectivity index (χ3n) is 3.13. The standard InChI is InChI=1S/C17H18ClN3O3/c1-24-15-7-5-12(6-8-15)16(22)19-9-10-20-17(23)21-14-4-2-3-13(18)11-14/h2-8,11H,9-10H2,1H3,(H,19,22)(H2,20,21,23). The number of amides is 3. The Morgan fingerprint density at radius 2 is 1.75 bits per heavy atom. The first-order chi connectivity index (χ1) is 11.6. The zero-order valence-corrected chi connectivity index (χ0v) is 13.9. The Kier molecular flexibility index (Phi) is 6.45. The van der Waals surface area contributed by atoms with Gasteiger partial charge in [-0.2, -0.15) is 0 Å². The van der Waals surface area contributed by atoms with Crippen LogP contribution in [0, 0.1) is 0 Å². The molecular weight excluding hydrogens is 330 g/mol. The van der Waals surface area contributed by atoms with E-state index in [4.69, 9.17) is 16.3 Å². The second kappa shape index (κ2) is 8.79. The zero-order valence-electron chi connectivity index (χ0n) is 13.1. The molecule has 0 bridgehead atoms. The topological polar surface area (TPSA) is 79.5 Å². The van der Waals surface area contributed by atoms with Gasteiger partial charge in [0.25, 0.3) is 5.91 Å². The fourth-order valence-corrected chi connectivity index (χ4v) is 2.13. The summed E-state index contributed by atoms with van der Waals surface area (Å²) in [5, 5.41) is 8.56. The first-order valence-corrected chi connectivity index (χ1v) is 7.69. The Morgan fingerprint density at radius 3 is 2.42 bits per heavy atom. The minimum atomic E-state index is -0.365. The lowest BCUT2D eigenvalue weighted by Gasteiger charge is -2.09. The zero-order chi connectivity index (χ0) is 17.4. The fourth-order valence-electron chi connectivity index (χ4n) is 1.94. The Hall–Kier alpha value is -2.73. The molecule has 2 aromatic rings. The predicted molar refractivity (Wildman–Crippen MR) is 93.8 cm³/mol. The molecule has 0 aliphatic heterocycles. The van der Waals surface area contributed by atoms with Crippen LogP contribution in [0.25, 0.3) is 0 Å². The Morgan fingerprint density at radius 1 is 1.04 bits per heavy atom. The number of rotatable bonds is 6. The number of carbonyl (C=O) groups is 2. The number of carbonyl (C=O) groups excluding carboxylic acids is 2. The van der Waals surface area contributed by atoms with Crippen LogP contribution in [-0.2, 0) is 0 Å². The van der Waals surface area contributed by atoms with Gasteiger partial charge in [-0.1, -0.05) is 17.7 Å². The number of anilines is 1. The second-order valence-electron chi connectivity index (χ2n) is 4.88. The number of urea groups is 1. The minimum absolute atomic E-state index is 0.213. The van der Waals surface area contributed by atoms with Crippen molar-refractivity contribution in [2.45, 2.75) is 0 Å². The molecule has 0 aliphatic carbocycles. The van der Waals surface area contributed by atoms with Gasteiger partial charge in [-0.05, 0) is 42.5 Å². The fraction of sp³-hybridized carbons (Fsp3) is 0.176. The molecule has 0 radical (unpaired) electrons. The van der Waals surface area contributed by atoms with Crippen molar-refractivity contribution in [3.63, 3.8) is 0 Å². The summed E-state index contributed by atoms with van der Waals surface area (Å²) >= 11 is 5.84. The van der Waals surface area contributed by atoms with Crippen LogP contribution in [-0.4, -0.2) is 32.1 Å². The highest BCUT2D eigenvalue weighted by Crippen LogP contribution is 2.14. The number of ether oxygens (including phenoxy) is 1. The normalized spacial score (nSPS) is 9.92. The summed E-state index contributed by atoms with van der Waals surface area (Å²) in [4.78, 5) is 23.6. The van der Waals surface area contributed by atoms with Gasteiger partial charge in [-0.15, -0.1) is 0 Å². The van der Waals surface area contributed by atoms with E-state index in [9.17, 15) is 9.59 Å². The molecule has 2 aromatic carbocycles. The maximum absolute atomic E-state index is 11.9. The molecule has 0 atom stereocenters. The van der Waals surface area contributed by atoms with Crippen molar-refractivity contribution in [3.05, 3.63) is 59.1 Å². The van der Waals surface area contributed by atoms with Crippen LogP contribution in [0.4, 0.5) is 10.5 Å². The van der Waals surface area contributed by atoms with Crippen LogP contribution in [0.3, 0.4) is 0 Å². The highest BCUT2D eigenvalue weighted by Gasteiger charge is 2.05. The van der Waals surface area contributed by atoms with Gasteiger partial charge in [0.05, 0.1) is 7.11 Å². The number of halogens is 1. The third-order valence-corrected chi connectivity index (χ3v) is 3.37. The summed E-state index contributed by atoms with van der Waals surface area (Å²) in [6.45, 7) is 0.613. The van der Waals surface area contributed by atoms with E-state index in [0.717, 1.165) is 0 Å². The van der Waals surface area contributed by atoms with E-state index in [0.29, 0.717) is 35.1 Å². The molecule has 24 heavy (non-hydrogen) atoms. The van der Waals surface area contributed by atoms with Gasteiger partial charge < -0.3 is 20.7 Å². The van der Waals surface area contributed by atoms with Gasteiger partial charge in [0, 0.05) is 29.4 Å². The molecule has 6 nitrogen and oxygen atoms in total. The van der Waals surface area contributed by atoms with Crippen molar-refractivity contribution >= 4 is 29.2 Å². The maximum Gasteiger partial charge on any atom is 0.319 e. The summed E-state index contributed by atoms with van der Waals surface area (Å²) in [6.07, 6.45) is 0. The van der Waals surface area contributed by atoms with E-state index in [1.54, 1.807) is 55.6 Å². The first kappa shape index (κ1) is 17.6. The highest BCUT2D eigenvalue weighted by atomic mass is 35.5. The molecule has 0 heterocycles. The third kappa shape index (κ3) is 5.48. The Balaban J connectivity index is 1.70. The average Bonchev–Trinajstić information content (AvgIpc) is 2.58. The van der Waals surface area contributed by atoms with Crippen LogP contribution in [0.1, 0.15) is 10.4 Å². The lowest BCUT2D eigenvalue weighted by molar-refractivity contribution is 0.0954. The molecule has 0 saturated heterocycles. The number of benzene rings is 2. The predicted octanol–water partition coefficient (Wildman–Crippen LogP) is 2.90. The molecule has 126 valence electrons. The van der Waals surface area contributed by atoms with Gasteiger partial charge in [-0.3, -0.25) is 4.79 Å². The van der Waals surface area contributed by atoms with Gasteiger partial charge in [0.15, 0.2) is 0 Å². The quantitative estimate of drug-likeness (QED) is 0.703. The molecule has 2 rings (SSSR count).